The molecule has 2 N–H and O–H groups in total. The van der Waals surface area contributed by atoms with Crippen molar-refractivity contribution in [1.82, 2.24) is 14.9 Å². The summed E-state index contributed by atoms with van der Waals surface area (Å²) >= 11 is 12.3. The van der Waals surface area contributed by atoms with Crippen LogP contribution in [0.1, 0.15) is 23.7 Å². The van der Waals surface area contributed by atoms with Gasteiger partial charge >= 0.3 is 6.03 Å². The minimum absolute atomic E-state index is 0.167. The SMILES string of the molecule is CCc1ccc(-c2nc3c(c(=O)[nH]2)CN(C(=O)Nc2c(Cl)cccc2Cl)CC3)cc1. The van der Waals surface area contributed by atoms with Crippen molar-refractivity contribution in [2.45, 2.75) is 26.3 Å². The summed E-state index contributed by atoms with van der Waals surface area (Å²) in [5, 5.41) is 3.44. The number of aryl methyl sites for hydroxylation is 1. The van der Waals surface area contributed by atoms with E-state index in [1.165, 1.54) is 5.56 Å². The van der Waals surface area contributed by atoms with Gasteiger partial charge in [0.1, 0.15) is 5.82 Å². The van der Waals surface area contributed by atoms with Crippen molar-refractivity contribution in [2.75, 3.05) is 11.9 Å². The molecule has 0 bridgehead atoms. The van der Waals surface area contributed by atoms with Crippen molar-refractivity contribution in [2.24, 2.45) is 0 Å². The Labute approximate surface area is 183 Å². The first-order chi connectivity index (χ1) is 14.5. The van der Waals surface area contributed by atoms with Gasteiger partial charge in [-0.15, -0.1) is 0 Å². The molecular weight excluding hydrogens is 423 g/mol. The lowest BCUT2D eigenvalue weighted by Crippen LogP contribution is -2.41. The Morgan fingerprint density at radius 1 is 1.17 bits per heavy atom. The van der Waals surface area contributed by atoms with Crippen molar-refractivity contribution in [3.63, 3.8) is 0 Å². The van der Waals surface area contributed by atoms with Crippen LogP contribution in [0.25, 0.3) is 11.4 Å². The predicted molar refractivity (Wildman–Crippen MR) is 119 cm³/mol. The number of benzene rings is 2. The number of rotatable bonds is 3. The van der Waals surface area contributed by atoms with Crippen LogP contribution in [-0.2, 0) is 19.4 Å². The molecule has 30 heavy (non-hydrogen) atoms. The van der Waals surface area contributed by atoms with E-state index in [0.29, 0.717) is 45.8 Å². The Morgan fingerprint density at radius 3 is 2.53 bits per heavy atom. The van der Waals surface area contributed by atoms with Crippen molar-refractivity contribution in [1.29, 1.82) is 0 Å². The number of aromatic nitrogens is 2. The van der Waals surface area contributed by atoms with Gasteiger partial charge in [0.25, 0.3) is 5.56 Å². The Balaban J connectivity index is 1.55. The monoisotopic (exact) mass is 442 g/mol. The number of para-hydroxylation sites is 1. The summed E-state index contributed by atoms with van der Waals surface area (Å²) in [5.41, 5.74) is 3.42. The zero-order valence-electron chi connectivity index (χ0n) is 16.3. The van der Waals surface area contributed by atoms with E-state index in [1.807, 2.05) is 24.3 Å². The molecule has 0 unspecified atom stereocenters. The van der Waals surface area contributed by atoms with E-state index in [0.717, 1.165) is 12.0 Å². The zero-order chi connectivity index (χ0) is 21.3. The van der Waals surface area contributed by atoms with Crippen molar-refractivity contribution in [3.8, 4) is 11.4 Å². The van der Waals surface area contributed by atoms with Crippen molar-refractivity contribution >= 4 is 34.9 Å². The number of fused-ring (bicyclic) bond motifs is 1. The van der Waals surface area contributed by atoms with Crippen LogP contribution < -0.4 is 10.9 Å². The van der Waals surface area contributed by atoms with Gasteiger partial charge in [-0.1, -0.05) is 60.5 Å². The highest BCUT2D eigenvalue weighted by Gasteiger charge is 2.25. The summed E-state index contributed by atoms with van der Waals surface area (Å²) < 4.78 is 0. The van der Waals surface area contributed by atoms with Gasteiger partial charge < -0.3 is 15.2 Å². The quantitative estimate of drug-likeness (QED) is 0.605. The van der Waals surface area contributed by atoms with Gasteiger partial charge in [0.05, 0.1) is 33.5 Å². The van der Waals surface area contributed by atoms with Gasteiger partial charge in [0, 0.05) is 18.5 Å². The van der Waals surface area contributed by atoms with E-state index in [9.17, 15) is 9.59 Å². The zero-order valence-corrected chi connectivity index (χ0v) is 17.8. The summed E-state index contributed by atoms with van der Waals surface area (Å²) in [7, 11) is 0. The third-order valence-electron chi connectivity index (χ3n) is 5.19. The van der Waals surface area contributed by atoms with Crippen LogP contribution in [0.2, 0.25) is 10.0 Å². The Morgan fingerprint density at radius 2 is 1.87 bits per heavy atom. The summed E-state index contributed by atoms with van der Waals surface area (Å²) in [4.78, 5) is 34.5. The standard InChI is InChI=1S/C22H20Cl2N4O2/c1-2-13-6-8-14(9-7-13)20-25-18-10-11-28(12-15(18)21(29)27-20)22(30)26-19-16(23)4-3-5-17(19)24/h3-9H,2,10-12H2,1H3,(H,26,30)(H,25,27,29). The number of hydrogen-bond donors (Lipinski definition) is 2. The second-order valence-electron chi connectivity index (χ2n) is 7.09. The van der Waals surface area contributed by atoms with Crippen LogP contribution in [0.3, 0.4) is 0 Å². The van der Waals surface area contributed by atoms with Crippen LogP contribution >= 0.6 is 23.2 Å². The van der Waals surface area contributed by atoms with Gasteiger partial charge in [-0.05, 0) is 24.1 Å². The van der Waals surface area contributed by atoms with E-state index in [2.05, 4.69) is 22.2 Å². The lowest BCUT2D eigenvalue weighted by atomic mass is 10.1. The second-order valence-corrected chi connectivity index (χ2v) is 7.90. The van der Waals surface area contributed by atoms with Crippen LogP contribution in [0, 0.1) is 0 Å². The molecule has 1 aliphatic rings. The largest absolute Gasteiger partial charge is 0.322 e. The number of anilines is 1. The van der Waals surface area contributed by atoms with E-state index in [-0.39, 0.29) is 18.1 Å². The maximum atomic E-state index is 12.7. The number of nitrogens with zero attached hydrogens (tertiary/aromatic N) is 2. The van der Waals surface area contributed by atoms with E-state index < -0.39 is 0 Å². The predicted octanol–water partition coefficient (Wildman–Crippen LogP) is 4.90. The van der Waals surface area contributed by atoms with Gasteiger partial charge in [-0.3, -0.25) is 4.79 Å². The van der Waals surface area contributed by atoms with E-state index in [1.54, 1.807) is 23.1 Å². The summed E-state index contributed by atoms with van der Waals surface area (Å²) in [6.45, 7) is 2.70. The average Bonchev–Trinajstić information content (AvgIpc) is 2.76. The average molecular weight is 443 g/mol. The van der Waals surface area contributed by atoms with E-state index in [4.69, 9.17) is 23.2 Å². The fourth-order valence-corrected chi connectivity index (χ4v) is 3.93. The van der Waals surface area contributed by atoms with Crippen molar-refractivity contribution < 1.29 is 4.79 Å². The summed E-state index contributed by atoms with van der Waals surface area (Å²) in [6, 6.07) is 12.6. The minimum Gasteiger partial charge on any atom is -0.320 e. The molecular formula is C22H20Cl2N4O2. The first-order valence-electron chi connectivity index (χ1n) is 9.67. The van der Waals surface area contributed by atoms with Gasteiger partial charge in [0.15, 0.2) is 0 Å². The lowest BCUT2D eigenvalue weighted by molar-refractivity contribution is 0.205. The Bertz CT molecular complexity index is 1140. The molecule has 3 aromatic rings. The maximum absolute atomic E-state index is 12.7. The molecule has 4 rings (SSSR count). The van der Waals surface area contributed by atoms with Crippen LogP contribution in [-0.4, -0.2) is 27.4 Å². The number of hydrogen-bond acceptors (Lipinski definition) is 3. The number of aromatic amines is 1. The highest BCUT2D eigenvalue weighted by Crippen LogP contribution is 2.30. The molecule has 6 nitrogen and oxygen atoms in total. The fraction of sp³-hybridized carbons (Fsp3) is 0.227. The number of carbonyl (C=O) groups is 1. The summed E-state index contributed by atoms with van der Waals surface area (Å²) in [5.74, 6) is 0.544. The molecule has 1 aromatic heterocycles. The smallest absolute Gasteiger partial charge is 0.320 e. The Hall–Kier alpha value is -2.83. The third-order valence-corrected chi connectivity index (χ3v) is 5.82. The highest BCUT2D eigenvalue weighted by molar-refractivity contribution is 6.39. The van der Waals surface area contributed by atoms with Crippen LogP contribution in [0.15, 0.2) is 47.3 Å². The fourth-order valence-electron chi connectivity index (χ4n) is 3.44. The van der Waals surface area contributed by atoms with E-state index >= 15 is 0 Å². The molecule has 0 saturated heterocycles. The maximum Gasteiger partial charge on any atom is 0.322 e. The number of H-pyrrole nitrogens is 1. The molecule has 0 fully saturated rings. The minimum atomic E-state index is -0.366. The summed E-state index contributed by atoms with van der Waals surface area (Å²) in [6.07, 6.45) is 1.44. The van der Waals surface area contributed by atoms with Crippen molar-refractivity contribution in [3.05, 3.63) is 79.7 Å². The molecule has 2 heterocycles. The number of urea groups is 1. The van der Waals surface area contributed by atoms with Crippen LogP contribution in [0.5, 0.6) is 0 Å². The topological polar surface area (TPSA) is 78.1 Å². The molecule has 0 spiro atoms. The first kappa shape index (κ1) is 20.4. The first-order valence-corrected chi connectivity index (χ1v) is 10.4. The second kappa shape index (κ2) is 8.50. The normalized spacial score (nSPS) is 13.1. The van der Waals surface area contributed by atoms with Crippen LogP contribution in [0.4, 0.5) is 10.5 Å². The molecule has 0 radical (unpaired) electrons. The van der Waals surface area contributed by atoms with Gasteiger partial charge in [-0.25, -0.2) is 9.78 Å². The molecule has 1 aliphatic heterocycles. The molecule has 0 atom stereocenters. The molecule has 0 saturated carbocycles. The lowest BCUT2D eigenvalue weighted by Gasteiger charge is -2.28. The highest BCUT2D eigenvalue weighted by atomic mass is 35.5. The number of amides is 2. The van der Waals surface area contributed by atoms with Gasteiger partial charge in [0.2, 0.25) is 0 Å². The Kier molecular flexibility index (Phi) is 5.79. The molecule has 2 aromatic carbocycles. The number of nitrogens with one attached hydrogen (secondary N) is 2. The molecule has 8 heteroatoms. The molecule has 154 valence electrons. The molecule has 0 aliphatic carbocycles. The third kappa shape index (κ3) is 4.06. The molecule has 2 amide bonds. The number of carbonyl (C=O) groups excluding carboxylic acids is 1. The van der Waals surface area contributed by atoms with Gasteiger partial charge in [-0.2, -0.15) is 0 Å². The number of halogens is 2.